The molecule has 0 aliphatic carbocycles. The Morgan fingerprint density at radius 3 is 2.80 bits per heavy atom. The Bertz CT molecular complexity index is 580. The van der Waals surface area contributed by atoms with Gasteiger partial charge in [0.2, 0.25) is 5.88 Å². The Morgan fingerprint density at radius 1 is 1.35 bits per heavy atom. The zero-order valence-corrected chi connectivity index (χ0v) is 12.9. The van der Waals surface area contributed by atoms with Gasteiger partial charge >= 0.3 is 0 Å². The van der Waals surface area contributed by atoms with Gasteiger partial charge in [-0.2, -0.15) is 5.10 Å². The molecule has 0 spiro atoms. The van der Waals surface area contributed by atoms with Gasteiger partial charge in [0.15, 0.2) is 0 Å². The van der Waals surface area contributed by atoms with Crippen molar-refractivity contribution in [2.75, 3.05) is 6.54 Å². The summed E-state index contributed by atoms with van der Waals surface area (Å²) in [5, 5.41) is 8.40. The van der Waals surface area contributed by atoms with Crippen LogP contribution in [-0.4, -0.2) is 16.3 Å². The first-order valence-electron chi connectivity index (χ1n) is 6.79. The van der Waals surface area contributed by atoms with E-state index in [-0.39, 0.29) is 0 Å². The van der Waals surface area contributed by atoms with E-state index in [9.17, 15) is 0 Å². The van der Waals surface area contributed by atoms with Crippen LogP contribution in [0.2, 0.25) is 5.02 Å². The van der Waals surface area contributed by atoms with Crippen LogP contribution in [0.5, 0.6) is 11.6 Å². The molecular formula is C15H20ClN3O. The fourth-order valence-electron chi connectivity index (χ4n) is 2.03. The molecule has 108 valence electrons. The van der Waals surface area contributed by atoms with Gasteiger partial charge in [-0.25, -0.2) is 4.68 Å². The van der Waals surface area contributed by atoms with E-state index in [1.54, 1.807) is 4.68 Å². The summed E-state index contributed by atoms with van der Waals surface area (Å²) in [6.45, 7) is 5.85. The first-order valence-corrected chi connectivity index (χ1v) is 7.16. The molecule has 0 radical (unpaired) electrons. The van der Waals surface area contributed by atoms with Crippen molar-refractivity contribution in [1.29, 1.82) is 0 Å². The Kier molecular flexibility index (Phi) is 5.04. The number of nitrogens with one attached hydrogen (secondary N) is 1. The molecule has 0 saturated heterocycles. The van der Waals surface area contributed by atoms with Crippen LogP contribution in [0.15, 0.2) is 24.3 Å². The second-order valence-corrected chi connectivity index (χ2v) is 5.11. The number of aromatic nitrogens is 2. The normalized spacial score (nSPS) is 10.8. The van der Waals surface area contributed by atoms with Crippen molar-refractivity contribution >= 4 is 11.6 Å². The monoisotopic (exact) mass is 293 g/mol. The predicted molar refractivity (Wildman–Crippen MR) is 81.5 cm³/mol. The van der Waals surface area contributed by atoms with Crippen LogP contribution >= 0.6 is 11.6 Å². The number of hydrogen-bond donors (Lipinski definition) is 1. The van der Waals surface area contributed by atoms with E-state index in [0.29, 0.717) is 10.8 Å². The smallest absolute Gasteiger partial charge is 0.222 e. The summed E-state index contributed by atoms with van der Waals surface area (Å²) in [7, 11) is 1.88. The highest BCUT2D eigenvalue weighted by atomic mass is 35.5. The third-order valence-corrected chi connectivity index (χ3v) is 3.37. The molecular weight excluding hydrogens is 274 g/mol. The van der Waals surface area contributed by atoms with Crippen molar-refractivity contribution in [1.82, 2.24) is 15.1 Å². The van der Waals surface area contributed by atoms with Crippen LogP contribution in [-0.2, 0) is 13.6 Å². The van der Waals surface area contributed by atoms with E-state index in [1.807, 2.05) is 38.2 Å². The number of para-hydroxylation sites is 1. The van der Waals surface area contributed by atoms with Gasteiger partial charge in [-0.3, -0.25) is 0 Å². The van der Waals surface area contributed by atoms with Crippen molar-refractivity contribution in [2.24, 2.45) is 7.05 Å². The van der Waals surface area contributed by atoms with Crippen LogP contribution in [0.3, 0.4) is 0 Å². The van der Waals surface area contributed by atoms with Crippen LogP contribution in [0.25, 0.3) is 0 Å². The predicted octanol–water partition coefficient (Wildman–Crippen LogP) is 3.67. The molecule has 1 aromatic carbocycles. The highest BCUT2D eigenvalue weighted by molar-refractivity contribution is 6.32. The number of benzene rings is 1. The summed E-state index contributed by atoms with van der Waals surface area (Å²) in [4.78, 5) is 0. The summed E-state index contributed by atoms with van der Waals surface area (Å²) in [5.74, 6) is 1.38. The van der Waals surface area contributed by atoms with E-state index in [0.717, 1.165) is 36.6 Å². The van der Waals surface area contributed by atoms with Gasteiger partial charge in [-0.05, 0) is 32.0 Å². The van der Waals surface area contributed by atoms with Crippen molar-refractivity contribution in [3.63, 3.8) is 0 Å². The highest BCUT2D eigenvalue weighted by Crippen LogP contribution is 2.31. The lowest BCUT2D eigenvalue weighted by Gasteiger charge is -2.10. The molecule has 20 heavy (non-hydrogen) atoms. The van der Waals surface area contributed by atoms with Crippen LogP contribution < -0.4 is 10.1 Å². The van der Waals surface area contributed by atoms with Gasteiger partial charge in [-0.1, -0.05) is 30.7 Å². The van der Waals surface area contributed by atoms with Crippen molar-refractivity contribution in [3.05, 3.63) is 40.5 Å². The average molecular weight is 294 g/mol. The summed E-state index contributed by atoms with van der Waals surface area (Å²) >= 11 is 6.14. The Hall–Kier alpha value is -1.52. The molecule has 0 fully saturated rings. The summed E-state index contributed by atoms with van der Waals surface area (Å²) in [5.41, 5.74) is 2.04. The quantitative estimate of drug-likeness (QED) is 0.826. The van der Waals surface area contributed by atoms with Crippen molar-refractivity contribution < 1.29 is 4.74 Å². The molecule has 5 heteroatoms. The van der Waals surface area contributed by atoms with Gasteiger partial charge in [-0.15, -0.1) is 0 Å². The minimum atomic E-state index is 0.596. The van der Waals surface area contributed by atoms with Crippen LogP contribution in [0.4, 0.5) is 0 Å². The van der Waals surface area contributed by atoms with Crippen molar-refractivity contribution in [2.45, 2.75) is 26.8 Å². The fourth-order valence-corrected chi connectivity index (χ4v) is 2.21. The summed E-state index contributed by atoms with van der Waals surface area (Å²) in [6.07, 6.45) is 1.10. The molecule has 0 aliphatic heterocycles. The second-order valence-electron chi connectivity index (χ2n) is 4.70. The number of nitrogens with zero attached hydrogens (tertiary/aromatic N) is 2. The molecule has 2 aromatic rings. The van der Waals surface area contributed by atoms with E-state index in [1.165, 1.54) is 0 Å². The van der Waals surface area contributed by atoms with Gasteiger partial charge < -0.3 is 10.1 Å². The lowest BCUT2D eigenvalue weighted by atomic mass is 10.2. The lowest BCUT2D eigenvalue weighted by molar-refractivity contribution is 0.424. The third kappa shape index (κ3) is 3.32. The number of aryl methyl sites for hydroxylation is 2. The van der Waals surface area contributed by atoms with Gasteiger partial charge in [0.05, 0.1) is 16.3 Å². The maximum Gasteiger partial charge on any atom is 0.222 e. The van der Waals surface area contributed by atoms with E-state index in [4.69, 9.17) is 16.3 Å². The zero-order chi connectivity index (χ0) is 14.5. The maximum absolute atomic E-state index is 6.14. The number of rotatable bonds is 6. The first kappa shape index (κ1) is 14.9. The van der Waals surface area contributed by atoms with E-state index < -0.39 is 0 Å². The molecule has 1 aromatic heterocycles. The average Bonchev–Trinajstić information content (AvgIpc) is 2.68. The second kappa shape index (κ2) is 6.77. The largest absolute Gasteiger partial charge is 0.437 e. The van der Waals surface area contributed by atoms with Gasteiger partial charge in [0, 0.05) is 13.6 Å². The molecule has 0 saturated carbocycles. The third-order valence-electron chi connectivity index (χ3n) is 3.06. The molecule has 0 bridgehead atoms. The molecule has 1 N–H and O–H groups in total. The number of ether oxygens (including phenoxy) is 1. The van der Waals surface area contributed by atoms with Gasteiger partial charge in [0.1, 0.15) is 5.75 Å². The molecule has 0 atom stereocenters. The van der Waals surface area contributed by atoms with Crippen molar-refractivity contribution in [3.8, 4) is 11.6 Å². The number of hydrogen-bond acceptors (Lipinski definition) is 3. The fraction of sp³-hybridized carbons (Fsp3) is 0.400. The summed E-state index contributed by atoms with van der Waals surface area (Å²) in [6, 6.07) is 7.45. The highest BCUT2D eigenvalue weighted by Gasteiger charge is 2.16. The SMILES string of the molecule is CCCNCc1c(C)nn(C)c1Oc1ccccc1Cl. The first-order chi connectivity index (χ1) is 9.63. The molecule has 0 amide bonds. The van der Waals surface area contributed by atoms with Gasteiger partial charge in [0.25, 0.3) is 0 Å². The number of halogens is 1. The van der Waals surface area contributed by atoms with Crippen LogP contribution in [0, 0.1) is 6.92 Å². The summed E-state index contributed by atoms with van der Waals surface area (Å²) < 4.78 is 7.70. The topological polar surface area (TPSA) is 39.1 Å². The molecule has 0 aliphatic rings. The van der Waals surface area contributed by atoms with E-state index in [2.05, 4.69) is 17.3 Å². The van der Waals surface area contributed by atoms with E-state index >= 15 is 0 Å². The molecule has 4 nitrogen and oxygen atoms in total. The molecule has 0 unspecified atom stereocenters. The zero-order valence-electron chi connectivity index (χ0n) is 12.1. The Labute approximate surface area is 124 Å². The minimum Gasteiger partial charge on any atom is -0.437 e. The molecule has 2 rings (SSSR count). The Morgan fingerprint density at radius 2 is 2.10 bits per heavy atom. The maximum atomic E-state index is 6.14. The Balaban J connectivity index is 2.24. The minimum absolute atomic E-state index is 0.596. The lowest BCUT2D eigenvalue weighted by Crippen LogP contribution is -2.14. The molecule has 1 heterocycles. The standard InChI is InChI=1S/C15H20ClN3O/c1-4-9-17-10-12-11(2)18-19(3)15(12)20-14-8-6-5-7-13(14)16/h5-8,17H,4,9-10H2,1-3H3. The van der Waals surface area contributed by atoms with Crippen LogP contribution in [0.1, 0.15) is 24.6 Å².